The van der Waals surface area contributed by atoms with Crippen LogP contribution in [0.15, 0.2) is 0 Å². The highest BCUT2D eigenvalue weighted by Crippen LogP contribution is 2.36. The number of likely N-dealkylation sites (tertiary alicyclic amines) is 1. The summed E-state index contributed by atoms with van der Waals surface area (Å²) >= 11 is 1.70. The Balaban J connectivity index is 2.15. The van der Waals surface area contributed by atoms with Gasteiger partial charge in [0.2, 0.25) is 5.91 Å². The van der Waals surface area contributed by atoms with Gasteiger partial charge in [-0.05, 0) is 37.9 Å². The first kappa shape index (κ1) is 13.7. The van der Waals surface area contributed by atoms with E-state index in [1.54, 1.807) is 16.7 Å². The van der Waals surface area contributed by atoms with Crippen molar-refractivity contribution in [3.05, 3.63) is 0 Å². The normalized spacial score (nSPS) is 32.5. The van der Waals surface area contributed by atoms with Gasteiger partial charge in [0.15, 0.2) is 0 Å². The minimum Gasteiger partial charge on any atom is -0.479 e. The molecule has 2 fully saturated rings. The van der Waals surface area contributed by atoms with Crippen LogP contribution < -0.4 is 0 Å². The molecule has 2 aliphatic rings. The molecule has 2 saturated heterocycles. The predicted molar refractivity (Wildman–Crippen MR) is 71.7 cm³/mol. The fraction of sp³-hybridized carbons (Fsp3) is 0.846. The van der Waals surface area contributed by atoms with E-state index in [1.165, 1.54) is 6.42 Å². The maximum absolute atomic E-state index is 12.5. The van der Waals surface area contributed by atoms with Gasteiger partial charge >= 0.3 is 5.97 Å². The van der Waals surface area contributed by atoms with E-state index < -0.39 is 11.5 Å². The van der Waals surface area contributed by atoms with Gasteiger partial charge in [-0.1, -0.05) is 13.3 Å². The number of aliphatic carboxylic acids is 1. The number of amides is 1. The molecule has 2 heterocycles. The number of rotatable bonds is 3. The van der Waals surface area contributed by atoms with Gasteiger partial charge in [0, 0.05) is 6.54 Å². The van der Waals surface area contributed by atoms with Gasteiger partial charge in [0.05, 0.1) is 5.25 Å². The Labute approximate surface area is 112 Å². The molecule has 4 nitrogen and oxygen atoms in total. The second kappa shape index (κ2) is 5.51. The second-order valence-electron chi connectivity index (χ2n) is 5.14. The van der Waals surface area contributed by atoms with E-state index in [2.05, 4.69) is 0 Å². The molecule has 18 heavy (non-hydrogen) atoms. The lowest BCUT2D eigenvalue weighted by Gasteiger charge is -2.36. The Morgan fingerprint density at radius 2 is 2.17 bits per heavy atom. The van der Waals surface area contributed by atoms with E-state index in [1.807, 2.05) is 6.92 Å². The first-order valence-corrected chi connectivity index (χ1v) is 7.83. The van der Waals surface area contributed by atoms with Crippen molar-refractivity contribution in [3.63, 3.8) is 0 Å². The lowest BCUT2D eigenvalue weighted by atomic mass is 9.92. The molecule has 1 N–H and O–H groups in total. The largest absolute Gasteiger partial charge is 0.479 e. The Hall–Kier alpha value is -0.710. The van der Waals surface area contributed by atoms with Crippen LogP contribution in [0.2, 0.25) is 0 Å². The van der Waals surface area contributed by atoms with Crippen molar-refractivity contribution >= 4 is 23.6 Å². The number of carbonyl (C=O) groups excluding carboxylic acids is 1. The summed E-state index contributed by atoms with van der Waals surface area (Å²) in [4.78, 5) is 25.7. The molecule has 0 bridgehead atoms. The highest BCUT2D eigenvalue weighted by Gasteiger charge is 2.49. The number of hydrogen-bond donors (Lipinski definition) is 1. The summed E-state index contributed by atoms with van der Waals surface area (Å²) in [5, 5.41) is 9.47. The van der Waals surface area contributed by atoms with E-state index >= 15 is 0 Å². The number of nitrogens with zero attached hydrogens (tertiary/aromatic N) is 1. The number of carboxylic acids is 1. The molecule has 0 aromatic heterocycles. The molecular weight excluding hydrogens is 250 g/mol. The summed E-state index contributed by atoms with van der Waals surface area (Å²) in [6.07, 6.45) is 5.08. The summed E-state index contributed by atoms with van der Waals surface area (Å²) in [6.45, 7) is 2.48. The van der Waals surface area contributed by atoms with Crippen LogP contribution >= 0.6 is 11.8 Å². The van der Waals surface area contributed by atoms with Crippen LogP contribution in [-0.2, 0) is 9.59 Å². The zero-order valence-corrected chi connectivity index (χ0v) is 11.7. The first-order valence-electron chi connectivity index (χ1n) is 6.78. The van der Waals surface area contributed by atoms with Gasteiger partial charge in [0.1, 0.15) is 5.54 Å². The van der Waals surface area contributed by atoms with Gasteiger partial charge in [-0.3, -0.25) is 4.79 Å². The maximum Gasteiger partial charge on any atom is 0.329 e. The fourth-order valence-electron chi connectivity index (χ4n) is 3.05. The zero-order chi connectivity index (χ0) is 13.2. The summed E-state index contributed by atoms with van der Waals surface area (Å²) in [5.74, 6) is 0.245. The Morgan fingerprint density at radius 3 is 2.72 bits per heavy atom. The van der Waals surface area contributed by atoms with Crippen LogP contribution in [0.5, 0.6) is 0 Å². The highest BCUT2D eigenvalue weighted by molar-refractivity contribution is 8.00. The Kier molecular flexibility index (Phi) is 4.20. The number of hydrogen-bond acceptors (Lipinski definition) is 3. The van der Waals surface area contributed by atoms with Crippen molar-refractivity contribution in [3.8, 4) is 0 Å². The van der Waals surface area contributed by atoms with E-state index in [0.717, 1.165) is 25.0 Å². The SMILES string of the molecule is CCC1(C(=O)O)CCCN1C(=O)C1CCCCS1. The summed E-state index contributed by atoms with van der Waals surface area (Å²) in [7, 11) is 0. The van der Waals surface area contributed by atoms with Crippen LogP contribution in [0, 0.1) is 0 Å². The van der Waals surface area contributed by atoms with Crippen LogP contribution in [0.25, 0.3) is 0 Å². The zero-order valence-electron chi connectivity index (χ0n) is 10.9. The molecule has 1 amide bonds. The van der Waals surface area contributed by atoms with Gasteiger partial charge in [-0.25, -0.2) is 4.79 Å². The minimum absolute atomic E-state index is 0.0119. The third-order valence-electron chi connectivity index (χ3n) is 4.19. The molecule has 5 heteroatoms. The van der Waals surface area contributed by atoms with Gasteiger partial charge in [0.25, 0.3) is 0 Å². The summed E-state index contributed by atoms with van der Waals surface area (Å²) in [5.41, 5.74) is -0.935. The number of carbonyl (C=O) groups is 2. The van der Waals surface area contributed by atoms with Crippen LogP contribution in [0.1, 0.15) is 45.4 Å². The standard InChI is InChI=1S/C13H21NO3S/c1-2-13(12(16)17)7-5-8-14(13)11(15)10-6-3-4-9-18-10/h10H,2-9H2,1H3,(H,16,17). The highest BCUT2D eigenvalue weighted by atomic mass is 32.2. The molecule has 2 rings (SSSR count). The summed E-state index contributed by atoms with van der Waals surface area (Å²) in [6, 6.07) is 0. The lowest BCUT2D eigenvalue weighted by molar-refractivity contribution is -0.156. The van der Waals surface area contributed by atoms with E-state index in [0.29, 0.717) is 19.4 Å². The quantitative estimate of drug-likeness (QED) is 0.854. The molecule has 0 aromatic rings. The molecule has 2 unspecified atom stereocenters. The van der Waals surface area contributed by atoms with Gasteiger partial charge < -0.3 is 10.0 Å². The van der Waals surface area contributed by atoms with Crippen LogP contribution in [0.3, 0.4) is 0 Å². The molecule has 0 spiro atoms. The van der Waals surface area contributed by atoms with Crippen LogP contribution in [-0.4, -0.2) is 45.0 Å². The Bertz CT molecular complexity index is 341. The topological polar surface area (TPSA) is 57.6 Å². The third kappa shape index (κ3) is 2.25. The van der Waals surface area contributed by atoms with Crippen molar-refractivity contribution < 1.29 is 14.7 Å². The lowest BCUT2D eigenvalue weighted by Crippen LogP contribution is -2.55. The molecule has 102 valence electrons. The second-order valence-corrected chi connectivity index (χ2v) is 6.45. The smallest absolute Gasteiger partial charge is 0.329 e. The van der Waals surface area contributed by atoms with Crippen molar-refractivity contribution in [1.29, 1.82) is 0 Å². The molecule has 2 atom stereocenters. The summed E-state index contributed by atoms with van der Waals surface area (Å²) < 4.78 is 0. The third-order valence-corrected chi connectivity index (χ3v) is 5.56. The van der Waals surface area contributed by atoms with Crippen molar-refractivity contribution in [2.45, 2.75) is 56.2 Å². The Morgan fingerprint density at radius 1 is 1.39 bits per heavy atom. The monoisotopic (exact) mass is 271 g/mol. The molecular formula is C13H21NO3S. The molecule has 0 radical (unpaired) electrons. The van der Waals surface area contributed by atoms with E-state index in [-0.39, 0.29) is 11.2 Å². The van der Waals surface area contributed by atoms with E-state index in [4.69, 9.17) is 0 Å². The van der Waals surface area contributed by atoms with Crippen molar-refractivity contribution in [2.24, 2.45) is 0 Å². The van der Waals surface area contributed by atoms with Crippen molar-refractivity contribution in [1.82, 2.24) is 4.90 Å². The predicted octanol–water partition coefficient (Wildman–Crippen LogP) is 2.13. The molecule has 0 saturated carbocycles. The van der Waals surface area contributed by atoms with Gasteiger partial charge in [-0.15, -0.1) is 11.8 Å². The average Bonchev–Trinajstić information content (AvgIpc) is 2.84. The molecule has 0 aliphatic carbocycles. The first-order chi connectivity index (χ1) is 8.62. The maximum atomic E-state index is 12.5. The van der Waals surface area contributed by atoms with E-state index in [9.17, 15) is 14.7 Å². The average molecular weight is 271 g/mol. The fourth-order valence-corrected chi connectivity index (χ4v) is 4.31. The molecule has 0 aromatic carbocycles. The molecule has 2 aliphatic heterocycles. The van der Waals surface area contributed by atoms with Gasteiger partial charge in [-0.2, -0.15) is 0 Å². The minimum atomic E-state index is -0.935. The number of carboxylic acid groups (broad SMARTS) is 1. The van der Waals surface area contributed by atoms with Crippen molar-refractivity contribution in [2.75, 3.05) is 12.3 Å². The van der Waals surface area contributed by atoms with Crippen LogP contribution in [0.4, 0.5) is 0 Å². The number of thioether (sulfide) groups is 1.